The summed E-state index contributed by atoms with van der Waals surface area (Å²) in [6.07, 6.45) is 0. The lowest BCUT2D eigenvalue weighted by atomic mass is 10.2. The van der Waals surface area contributed by atoms with Crippen molar-refractivity contribution in [3.05, 3.63) is 36.1 Å². The lowest BCUT2D eigenvalue weighted by Gasteiger charge is -2.23. The Balaban J connectivity index is 0.00000242. The average Bonchev–Trinajstić information content (AvgIpc) is 2.93. The van der Waals surface area contributed by atoms with E-state index in [4.69, 9.17) is 9.15 Å². The molecule has 6 heteroatoms. The van der Waals surface area contributed by atoms with E-state index in [0.717, 1.165) is 16.7 Å². The fraction of sp³-hybridized carbons (Fsp3) is 0.438. The highest BCUT2D eigenvalue weighted by atomic mass is 35.5. The second-order valence-electron chi connectivity index (χ2n) is 5.04. The van der Waals surface area contributed by atoms with Crippen LogP contribution >= 0.6 is 12.4 Å². The second-order valence-corrected chi connectivity index (χ2v) is 5.04. The first kappa shape index (κ1) is 18.5. The van der Waals surface area contributed by atoms with Gasteiger partial charge in [0.05, 0.1) is 19.2 Å². The third-order valence-electron chi connectivity index (χ3n) is 3.59. The predicted octanol–water partition coefficient (Wildman–Crippen LogP) is 2.61. The fourth-order valence-corrected chi connectivity index (χ4v) is 2.11. The van der Waals surface area contributed by atoms with Gasteiger partial charge in [-0.05, 0) is 19.1 Å². The lowest BCUT2D eigenvalue weighted by molar-refractivity contribution is -0.131. The molecule has 1 unspecified atom stereocenters. The highest BCUT2D eigenvalue weighted by Crippen LogP contribution is 2.26. The zero-order valence-corrected chi connectivity index (χ0v) is 14.0. The average molecular weight is 327 g/mol. The smallest absolute Gasteiger partial charge is 0.236 e. The van der Waals surface area contributed by atoms with Crippen molar-refractivity contribution in [2.45, 2.75) is 13.0 Å². The maximum atomic E-state index is 12.1. The lowest BCUT2D eigenvalue weighted by Crippen LogP contribution is -2.37. The van der Waals surface area contributed by atoms with E-state index >= 15 is 0 Å². The van der Waals surface area contributed by atoms with Gasteiger partial charge < -0.3 is 19.4 Å². The molecule has 22 heavy (non-hydrogen) atoms. The van der Waals surface area contributed by atoms with Gasteiger partial charge in [-0.3, -0.25) is 4.79 Å². The molecule has 0 fully saturated rings. The monoisotopic (exact) mass is 326 g/mol. The summed E-state index contributed by atoms with van der Waals surface area (Å²) < 4.78 is 10.7. The van der Waals surface area contributed by atoms with Crippen LogP contribution in [0.3, 0.4) is 0 Å². The van der Waals surface area contributed by atoms with Crippen molar-refractivity contribution in [2.75, 3.05) is 33.9 Å². The number of fused-ring (bicyclic) bond motifs is 1. The number of furan rings is 1. The molecule has 122 valence electrons. The Hall–Kier alpha value is -1.56. The summed E-state index contributed by atoms with van der Waals surface area (Å²) in [4.78, 5) is 13.8. The number of rotatable bonds is 7. The first-order valence-corrected chi connectivity index (χ1v) is 7.07. The molecule has 0 bridgehead atoms. The minimum absolute atomic E-state index is 0. The molecule has 0 saturated carbocycles. The summed E-state index contributed by atoms with van der Waals surface area (Å²) >= 11 is 0. The molecule has 1 aromatic carbocycles. The standard InChI is InChI=1S/C16H22N2O3.ClH/c1-12(18(2)16(19)11-17-8-9-20-3)15-10-13-6-4-5-7-14(13)21-15;/h4-7,10,12,17H,8-9,11H2,1-3H3;1H. The Kier molecular flexibility index (Phi) is 7.38. The van der Waals surface area contributed by atoms with Crippen LogP contribution in [0.2, 0.25) is 0 Å². The van der Waals surface area contributed by atoms with Gasteiger partial charge >= 0.3 is 0 Å². The summed E-state index contributed by atoms with van der Waals surface area (Å²) in [5.41, 5.74) is 0.846. The van der Waals surface area contributed by atoms with Crippen molar-refractivity contribution in [1.29, 1.82) is 0 Å². The number of carbonyl (C=O) groups is 1. The molecule has 0 spiro atoms. The van der Waals surface area contributed by atoms with Crippen molar-refractivity contribution in [1.82, 2.24) is 10.2 Å². The van der Waals surface area contributed by atoms with Gasteiger partial charge in [-0.1, -0.05) is 18.2 Å². The van der Waals surface area contributed by atoms with Crippen molar-refractivity contribution in [3.8, 4) is 0 Å². The van der Waals surface area contributed by atoms with Gasteiger partial charge in [0.2, 0.25) is 5.91 Å². The van der Waals surface area contributed by atoms with Crippen LogP contribution in [-0.4, -0.2) is 44.7 Å². The maximum Gasteiger partial charge on any atom is 0.236 e. The fourth-order valence-electron chi connectivity index (χ4n) is 2.11. The van der Waals surface area contributed by atoms with Crippen LogP contribution in [0.5, 0.6) is 0 Å². The summed E-state index contributed by atoms with van der Waals surface area (Å²) in [5, 5.41) is 4.11. The van der Waals surface area contributed by atoms with Gasteiger partial charge in [0, 0.05) is 26.1 Å². The van der Waals surface area contributed by atoms with E-state index in [2.05, 4.69) is 5.32 Å². The van der Waals surface area contributed by atoms with E-state index in [1.165, 1.54) is 0 Å². The normalized spacial score (nSPS) is 12.0. The maximum absolute atomic E-state index is 12.1. The number of amides is 1. The summed E-state index contributed by atoms with van der Waals surface area (Å²) in [6.45, 7) is 3.51. The van der Waals surface area contributed by atoms with Gasteiger partial charge in [0.25, 0.3) is 0 Å². The molecule has 0 aliphatic rings. The SMILES string of the molecule is COCCNCC(=O)N(C)C(C)c1cc2ccccc2o1.Cl. The molecule has 1 heterocycles. The van der Waals surface area contributed by atoms with Crippen LogP contribution in [0.25, 0.3) is 11.0 Å². The van der Waals surface area contributed by atoms with E-state index in [9.17, 15) is 4.79 Å². The number of likely N-dealkylation sites (N-methyl/N-ethyl adjacent to an activating group) is 1. The predicted molar refractivity (Wildman–Crippen MR) is 89.4 cm³/mol. The van der Waals surface area contributed by atoms with Crippen LogP contribution < -0.4 is 5.32 Å². The van der Waals surface area contributed by atoms with Crippen molar-refractivity contribution >= 4 is 29.3 Å². The molecule has 5 nitrogen and oxygen atoms in total. The molecule has 1 amide bonds. The first-order chi connectivity index (χ1) is 10.1. The van der Waals surface area contributed by atoms with E-state index in [0.29, 0.717) is 19.7 Å². The first-order valence-electron chi connectivity index (χ1n) is 7.07. The summed E-state index contributed by atoms with van der Waals surface area (Å²) in [5.74, 6) is 0.822. The largest absolute Gasteiger partial charge is 0.459 e. The second kappa shape index (κ2) is 8.78. The molecule has 2 rings (SSSR count). The summed E-state index contributed by atoms with van der Waals surface area (Å²) in [6, 6.07) is 9.73. The van der Waals surface area contributed by atoms with Gasteiger partial charge in [-0.2, -0.15) is 0 Å². The van der Waals surface area contributed by atoms with Crippen molar-refractivity contribution < 1.29 is 13.9 Å². The number of benzene rings is 1. The number of nitrogens with one attached hydrogen (secondary N) is 1. The van der Waals surface area contributed by atoms with E-state index in [-0.39, 0.29) is 24.4 Å². The van der Waals surface area contributed by atoms with Crippen LogP contribution in [0.15, 0.2) is 34.7 Å². The highest BCUT2D eigenvalue weighted by molar-refractivity contribution is 5.85. The third kappa shape index (κ3) is 4.47. The number of halogens is 1. The van der Waals surface area contributed by atoms with Gasteiger partial charge in [-0.25, -0.2) is 0 Å². The number of carbonyl (C=O) groups excluding carboxylic acids is 1. The molecule has 0 radical (unpaired) electrons. The third-order valence-corrected chi connectivity index (χ3v) is 3.59. The molecule has 0 saturated heterocycles. The molecule has 2 aromatic rings. The Morgan fingerprint density at radius 3 is 2.82 bits per heavy atom. The number of para-hydroxylation sites is 1. The number of ether oxygens (including phenoxy) is 1. The molecule has 0 aliphatic carbocycles. The molecule has 1 N–H and O–H groups in total. The quantitative estimate of drug-likeness (QED) is 0.795. The van der Waals surface area contributed by atoms with E-state index in [1.807, 2.05) is 37.3 Å². The van der Waals surface area contributed by atoms with E-state index in [1.54, 1.807) is 19.1 Å². The zero-order valence-electron chi connectivity index (χ0n) is 13.2. The van der Waals surface area contributed by atoms with Crippen LogP contribution in [0, 0.1) is 0 Å². The van der Waals surface area contributed by atoms with Crippen molar-refractivity contribution in [2.24, 2.45) is 0 Å². The Morgan fingerprint density at radius 1 is 1.41 bits per heavy atom. The number of hydrogen-bond acceptors (Lipinski definition) is 4. The number of hydrogen-bond donors (Lipinski definition) is 1. The molecular weight excluding hydrogens is 304 g/mol. The Labute approximate surface area is 137 Å². The van der Waals surface area contributed by atoms with Gasteiger partial charge in [-0.15, -0.1) is 12.4 Å². The van der Waals surface area contributed by atoms with E-state index < -0.39 is 0 Å². The molecule has 1 atom stereocenters. The molecular formula is C16H23ClN2O3. The Bertz CT molecular complexity index is 567. The zero-order chi connectivity index (χ0) is 15.2. The van der Waals surface area contributed by atoms with Crippen LogP contribution in [-0.2, 0) is 9.53 Å². The van der Waals surface area contributed by atoms with Gasteiger partial charge in [0.1, 0.15) is 11.3 Å². The van der Waals surface area contributed by atoms with Crippen LogP contribution in [0.1, 0.15) is 18.7 Å². The number of nitrogens with zero attached hydrogens (tertiary/aromatic N) is 1. The minimum atomic E-state index is -0.103. The molecule has 1 aromatic heterocycles. The van der Waals surface area contributed by atoms with Gasteiger partial charge in [0.15, 0.2) is 0 Å². The summed E-state index contributed by atoms with van der Waals surface area (Å²) in [7, 11) is 3.43. The Morgan fingerprint density at radius 2 is 2.14 bits per heavy atom. The minimum Gasteiger partial charge on any atom is -0.459 e. The van der Waals surface area contributed by atoms with Crippen molar-refractivity contribution in [3.63, 3.8) is 0 Å². The highest BCUT2D eigenvalue weighted by Gasteiger charge is 2.20. The number of methoxy groups -OCH3 is 1. The topological polar surface area (TPSA) is 54.7 Å². The van der Waals surface area contributed by atoms with Crippen LogP contribution in [0.4, 0.5) is 0 Å². The molecule has 0 aliphatic heterocycles.